The Morgan fingerprint density at radius 1 is 1.32 bits per heavy atom. The maximum atomic E-state index is 14.3. The average molecular weight is 336 g/mol. The van der Waals surface area contributed by atoms with Crippen molar-refractivity contribution in [1.29, 1.82) is 0 Å². The highest BCUT2D eigenvalue weighted by Gasteiger charge is 2.71. The van der Waals surface area contributed by atoms with Crippen molar-refractivity contribution in [3.05, 3.63) is 35.9 Å². The van der Waals surface area contributed by atoms with E-state index in [1.807, 2.05) is 0 Å². The van der Waals surface area contributed by atoms with Crippen LogP contribution in [0.1, 0.15) is 25.0 Å². The molecule has 1 aromatic rings. The molecule has 0 heterocycles. The van der Waals surface area contributed by atoms with Crippen LogP contribution < -0.4 is 0 Å². The van der Waals surface area contributed by atoms with E-state index < -0.39 is 31.4 Å². The molecule has 0 aromatic heterocycles. The minimum atomic E-state index is -4.32. The summed E-state index contributed by atoms with van der Waals surface area (Å²) < 4.78 is 53.5. The van der Waals surface area contributed by atoms with Crippen molar-refractivity contribution in [3.63, 3.8) is 0 Å². The van der Waals surface area contributed by atoms with Gasteiger partial charge in [-0.15, -0.1) is 0 Å². The van der Waals surface area contributed by atoms with Crippen molar-refractivity contribution in [2.75, 3.05) is 14.2 Å². The monoisotopic (exact) mass is 336 g/mol. The topological polar surface area (TPSA) is 65.0 Å². The predicted molar refractivity (Wildman–Crippen MR) is 75.3 cm³/mol. The Kier molecular flexibility index (Phi) is 4.76. The number of rotatable bonds is 7. The van der Waals surface area contributed by atoms with Crippen molar-refractivity contribution in [2.45, 2.75) is 25.6 Å². The van der Waals surface area contributed by atoms with E-state index in [2.05, 4.69) is 13.6 Å². The number of benzene rings is 1. The highest BCUT2D eigenvalue weighted by Crippen LogP contribution is 2.69. The third kappa shape index (κ3) is 3.09. The molecule has 5 nitrogen and oxygen atoms in total. The van der Waals surface area contributed by atoms with E-state index in [1.165, 1.54) is 6.92 Å². The third-order valence-corrected chi connectivity index (χ3v) is 5.51. The number of halogens is 2. The van der Waals surface area contributed by atoms with Crippen molar-refractivity contribution < 1.29 is 32.0 Å². The maximum Gasteiger partial charge on any atom is 0.479 e. The molecule has 1 fully saturated rings. The number of hydrogen-bond donors (Lipinski definition) is 1. The summed E-state index contributed by atoms with van der Waals surface area (Å²) in [4.78, 5) is 0. The normalized spacial score (nSPS) is 26.7. The molecule has 1 aliphatic rings. The van der Waals surface area contributed by atoms with Crippen LogP contribution in [0.25, 0.3) is 0 Å². The number of hydrogen-bond acceptors (Lipinski definition) is 5. The number of phosphoric ester groups is 1. The average Bonchev–Trinajstić information content (AvgIpc) is 3.21. The van der Waals surface area contributed by atoms with Gasteiger partial charge in [-0.05, 0) is 12.0 Å². The smallest absolute Gasteiger partial charge is 0.388 e. The highest BCUT2D eigenvalue weighted by molar-refractivity contribution is 7.48. The molecule has 124 valence electrons. The molecule has 0 bridgehead atoms. The zero-order chi connectivity index (χ0) is 16.6. The van der Waals surface area contributed by atoms with Gasteiger partial charge in [-0.3, -0.25) is 9.05 Å². The van der Waals surface area contributed by atoms with E-state index in [0.29, 0.717) is 5.56 Å². The summed E-state index contributed by atoms with van der Waals surface area (Å²) in [5.74, 6) is -0.716. The first kappa shape index (κ1) is 17.5. The Morgan fingerprint density at radius 2 is 1.86 bits per heavy atom. The SMILES string of the molecule is COP(=O)(OC)OC(F)(F)[C@]1(C)C[C@H]1[C@@H](O)c1ccccc1. The van der Waals surface area contributed by atoms with E-state index in [4.69, 9.17) is 0 Å². The molecule has 2 rings (SSSR count). The van der Waals surface area contributed by atoms with Crippen molar-refractivity contribution >= 4 is 7.82 Å². The summed E-state index contributed by atoms with van der Waals surface area (Å²) in [6.45, 7) is 1.28. The minimum absolute atomic E-state index is 0.0312. The molecule has 1 aromatic carbocycles. The standard InChI is InChI=1S/C14H19F2O5P/c1-13(14(15,16)21-22(18,19-2)20-3)9-11(13)12(17)10-7-5-4-6-8-10/h4-8,11-12,17H,9H2,1-3H3/t11-,12-,13+/m0/s1. The first-order chi connectivity index (χ1) is 10.2. The van der Waals surface area contributed by atoms with Gasteiger partial charge in [0.05, 0.1) is 11.5 Å². The molecule has 8 heteroatoms. The van der Waals surface area contributed by atoms with Gasteiger partial charge in [0.2, 0.25) is 0 Å². The molecule has 3 atom stereocenters. The fourth-order valence-corrected chi connectivity index (χ4v) is 3.26. The molecule has 1 aliphatic carbocycles. The summed E-state index contributed by atoms with van der Waals surface area (Å²) in [6, 6.07) is 8.54. The Bertz CT molecular complexity index is 560. The van der Waals surface area contributed by atoms with Crippen molar-refractivity contribution in [2.24, 2.45) is 11.3 Å². The second-order valence-corrected chi connectivity index (χ2v) is 7.31. The Hall–Kier alpha value is -0.850. The molecule has 0 unspecified atom stereocenters. The van der Waals surface area contributed by atoms with Gasteiger partial charge in [-0.25, -0.2) is 9.09 Å². The van der Waals surface area contributed by atoms with Gasteiger partial charge in [-0.2, -0.15) is 8.78 Å². The minimum Gasteiger partial charge on any atom is -0.388 e. The lowest BCUT2D eigenvalue weighted by Crippen LogP contribution is -2.33. The van der Waals surface area contributed by atoms with E-state index in [9.17, 15) is 18.5 Å². The van der Waals surface area contributed by atoms with Crippen LogP contribution >= 0.6 is 7.82 Å². The molecule has 22 heavy (non-hydrogen) atoms. The summed E-state index contributed by atoms with van der Waals surface area (Å²) in [5.41, 5.74) is -1.09. The lowest BCUT2D eigenvalue weighted by atomic mass is 9.97. The number of aliphatic hydroxyl groups is 1. The number of aliphatic hydroxyl groups excluding tert-OH is 1. The van der Waals surface area contributed by atoms with Crippen molar-refractivity contribution in [1.82, 2.24) is 0 Å². The van der Waals surface area contributed by atoms with E-state index in [1.54, 1.807) is 30.3 Å². The van der Waals surface area contributed by atoms with Gasteiger partial charge in [0.25, 0.3) is 0 Å². The first-order valence-corrected chi connectivity index (χ1v) is 8.18. The van der Waals surface area contributed by atoms with Crippen LogP contribution in [0.4, 0.5) is 8.78 Å². The second-order valence-electron chi connectivity index (χ2n) is 5.50. The first-order valence-electron chi connectivity index (χ1n) is 6.72. The lowest BCUT2D eigenvalue weighted by molar-refractivity contribution is -0.239. The van der Waals surface area contributed by atoms with Gasteiger partial charge in [0.15, 0.2) is 0 Å². The largest absolute Gasteiger partial charge is 0.479 e. The van der Waals surface area contributed by atoms with Gasteiger partial charge < -0.3 is 5.11 Å². The van der Waals surface area contributed by atoms with E-state index in [-0.39, 0.29) is 6.42 Å². The van der Waals surface area contributed by atoms with Crippen LogP contribution in [-0.2, 0) is 18.1 Å². The summed E-state index contributed by atoms with van der Waals surface area (Å²) >= 11 is 0. The van der Waals surface area contributed by atoms with Crippen LogP contribution in [0.2, 0.25) is 0 Å². The molecular formula is C14H19F2O5P. The zero-order valence-electron chi connectivity index (χ0n) is 12.5. The molecule has 1 saturated carbocycles. The molecule has 0 amide bonds. The Balaban J connectivity index is 2.14. The van der Waals surface area contributed by atoms with Crippen LogP contribution in [-0.4, -0.2) is 25.4 Å². The number of phosphoric acid groups is 1. The third-order valence-electron chi connectivity index (χ3n) is 4.16. The molecule has 0 aliphatic heterocycles. The summed E-state index contributed by atoms with van der Waals surface area (Å²) in [5, 5.41) is 10.3. The summed E-state index contributed by atoms with van der Waals surface area (Å²) in [7, 11) is -2.39. The van der Waals surface area contributed by atoms with Crippen molar-refractivity contribution in [3.8, 4) is 0 Å². The Morgan fingerprint density at radius 3 is 2.36 bits per heavy atom. The van der Waals surface area contributed by atoms with E-state index in [0.717, 1.165) is 14.2 Å². The second kappa shape index (κ2) is 5.98. The van der Waals surface area contributed by atoms with Crippen LogP contribution in [0.15, 0.2) is 30.3 Å². The fraction of sp³-hybridized carbons (Fsp3) is 0.571. The van der Waals surface area contributed by atoms with Gasteiger partial charge >= 0.3 is 13.9 Å². The Labute approximate surface area is 127 Å². The molecule has 1 N–H and O–H groups in total. The lowest BCUT2D eigenvalue weighted by Gasteiger charge is -2.27. The highest BCUT2D eigenvalue weighted by atomic mass is 31.2. The quantitative estimate of drug-likeness (QED) is 0.768. The van der Waals surface area contributed by atoms with E-state index >= 15 is 0 Å². The van der Waals surface area contributed by atoms with Gasteiger partial charge in [0.1, 0.15) is 0 Å². The summed E-state index contributed by atoms with van der Waals surface area (Å²) in [6.07, 6.45) is -4.77. The predicted octanol–water partition coefficient (Wildman–Crippen LogP) is 3.76. The number of alkyl halides is 2. The van der Waals surface area contributed by atoms with Crippen LogP contribution in [0.5, 0.6) is 0 Å². The molecular weight excluding hydrogens is 317 g/mol. The maximum absolute atomic E-state index is 14.3. The van der Waals surface area contributed by atoms with Crippen LogP contribution in [0.3, 0.4) is 0 Å². The molecule has 0 spiro atoms. The zero-order valence-corrected chi connectivity index (χ0v) is 13.4. The van der Waals surface area contributed by atoms with Gasteiger partial charge in [-0.1, -0.05) is 37.3 Å². The fourth-order valence-electron chi connectivity index (χ4n) is 2.47. The van der Waals surface area contributed by atoms with Gasteiger partial charge in [0, 0.05) is 20.1 Å². The van der Waals surface area contributed by atoms with Crippen LogP contribution in [0, 0.1) is 11.3 Å². The molecule has 0 saturated heterocycles. The molecule has 0 radical (unpaired) electrons.